The third-order valence-electron chi connectivity index (χ3n) is 3.65. The molecule has 0 radical (unpaired) electrons. The van der Waals surface area contributed by atoms with Crippen molar-refractivity contribution in [3.8, 4) is 5.75 Å². The van der Waals surface area contributed by atoms with Crippen LogP contribution in [0.2, 0.25) is 0 Å². The van der Waals surface area contributed by atoms with Gasteiger partial charge in [-0.1, -0.05) is 31.2 Å². The summed E-state index contributed by atoms with van der Waals surface area (Å²) in [4.78, 5) is 18.2. The molecule has 0 spiro atoms. The van der Waals surface area contributed by atoms with Crippen molar-refractivity contribution in [1.29, 1.82) is 0 Å². The van der Waals surface area contributed by atoms with E-state index in [2.05, 4.69) is 11.9 Å². The van der Waals surface area contributed by atoms with Gasteiger partial charge < -0.3 is 4.74 Å². The highest BCUT2D eigenvalue weighted by Gasteiger charge is 2.16. The van der Waals surface area contributed by atoms with E-state index >= 15 is 0 Å². The van der Waals surface area contributed by atoms with Gasteiger partial charge in [0, 0.05) is 19.7 Å². The zero-order valence-corrected chi connectivity index (χ0v) is 13.3. The number of benzene rings is 1. The number of methoxy groups -OCH3 is 1. The first-order valence-corrected chi connectivity index (χ1v) is 7.41. The maximum Gasteiger partial charge on any atom is 0.228 e. The van der Waals surface area contributed by atoms with Crippen LogP contribution in [0.15, 0.2) is 48.7 Å². The zero-order valence-electron chi connectivity index (χ0n) is 13.3. The lowest BCUT2D eigenvalue weighted by Crippen LogP contribution is -2.28. The molecule has 116 valence electrons. The van der Waals surface area contributed by atoms with Crippen LogP contribution in [0, 0.1) is 5.92 Å². The Hall–Kier alpha value is -2.36. The molecule has 0 fully saturated rings. The van der Waals surface area contributed by atoms with Crippen LogP contribution in [-0.4, -0.2) is 25.0 Å². The first-order valence-electron chi connectivity index (χ1n) is 7.41. The number of para-hydroxylation sites is 1. The molecule has 0 N–H and O–H groups in total. The van der Waals surface area contributed by atoms with Crippen molar-refractivity contribution in [1.82, 2.24) is 4.98 Å². The summed E-state index contributed by atoms with van der Waals surface area (Å²) in [6, 6.07) is 13.5. The number of rotatable bonds is 6. The molecule has 0 aliphatic rings. The molecule has 0 bridgehead atoms. The van der Waals surface area contributed by atoms with Gasteiger partial charge in [0.05, 0.1) is 7.11 Å². The molecular weight excluding hydrogens is 276 g/mol. The van der Waals surface area contributed by atoms with Crippen molar-refractivity contribution in [2.45, 2.75) is 19.8 Å². The van der Waals surface area contributed by atoms with Gasteiger partial charge >= 0.3 is 0 Å². The van der Waals surface area contributed by atoms with Gasteiger partial charge in [0.25, 0.3) is 0 Å². The average molecular weight is 298 g/mol. The predicted octanol–water partition coefficient (Wildman–Crippen LogP) is 3.32. The fourth-order valence-electron chi connectivity index (χ4n) is 2.43. The van der Waals surface area contributed by atoms with Crippen molar-refractivity contribution in [2.24, 2.45) is 5.92 Å². The van der Waals surface area contributed by atoms with E-state index in [9.17, 15) is 4.79 Å². The summed E-state index contributed by atoms with van der Waals surface area (Å²) in [7, 11) is 3.43. The van der Waals surface area contributed by atoms with Crippen molar-refractivity contribution in [2.75, 3.05) is 19.1 Å². The molecular formula is C18H22N2O2. The number of aromatic nitrogens is 1. The van der Waals surface area contributed by atoms with E-state index in [0.717, 1.165) is 17.7 Å². The summed E-state index contributed by atoms with van der Waals surface area (Å²) in [6.07, 6.45) is 2.98. The van der Waals surface area contributed by atoms with Crippen molar-refractivity contribution >= 4 is 11.7 Å². The molecule has 1 heterocycles. The Morgan fingerprint density at radius 1 is 1.23 bits per heavy atom. The first kappa shape index (κ1) is 16.0. The van der Waals surface area contributed by atoms with Gasteiger partial charge in [0.15, 0.2) is 0 Å². The van der Waals surface area contributed by atoms with E-state index in [4.69, 9.17) is 4.74 Å². The van der Waals surface area contributed by atoms with Crippen LogP contribution in [0.3, 0.4) is 0 Å². The molecule has 22 heavy (non-hydrogen) atoms. The number of carbonyl (C=O) groups is 1. The monoisotopic (exact) mass is 298 g/mol. The van der Waals surface area contributed by atoms with Gasteiger partial charge in [0.2, 0.25) is 5.91 Å². The highest BCUT2D eigenvalue weighted by Crippen LogP contribution is 2.22. The van der Waals surface area contributed by atoms with Crippen LogP contribution in [0.1, 0.15) is 18.9 Å². The third-order valence-corrected chi connectivity index (χ3v) is 3.65. The SMILES string of the molecule is COc1ccccc1CC(C)CC(=O)N(C)c1ccccn1. The van der Waals surface area contributed by atoms with Crippen molar-refractivity contribution in [3.05, 3.63) is 54.2 Å². The number of carbonyl (C=O) groups excluding carboxylic acids is 1. The molecule has 2 aromatic rings. The van der Waals surface area contributed by atoms with E-state index in [1.165, 1.54) is 0 Å². The first-order chi connectivity index (χ1) is 10.6. The highest BCUT2D eigenvalue weighted by molar-refractivity contribution is 5.91. The molecule has 1 atom stereocenters. The van der Waals surface area contributed by atoms with Gasteiger partial charge in [-0.15, -0.1) is 0 Å². The normalized spacial score (nSPS) is 11.8. The van der Waals surface area contributed by atoms with Crippen molar-refractivity contribution in [3.63, 3.8) is 0 Å². The standard InChI is InChI=1S/C18H22N2O2/c1-14(12-15-8-4-5-9-16(15)22-3)13-18(21)20(2)17-10-6-7-11-19-17/h4-11,14H,12-13H2,1-3H3. The second-order valence-electron chi connectivity index (χ2n) is 5.47. The maximum absolute atomic E-state index is 12.4. The minimum absolute atomic E-state index is 0.0705. The Morgan fingerprint density at radius 2 is 1.95 bits per heavy atom. The second kappa shape index (κ2) is 7.59. The number of hydrogen-bond donors (Lipinski definition) is 0. The Bertz CT molecular complexity index is 613. The molecule has 0 aliphatic heterocycles. The lowest BCUT2D eigenvalue weighted by Gasteiger charge is -2.19. The molecule has 0 aliphatic carbocycles. The highest BCUT2D eigenvalue weighted by atomic mass is 16.5. The van der Waals surface area contributed by atoms with Gasteiger partial charge in [-0.3, -0.25) is 9.69 Å². The lowest BCUT2D eigenvalue weighted by molar-refractivity contribution is -0.119. The Kier molecular flexibility index (Phi) is 5.53. The molecule has 1 unspecified atom stereocenters. The minimum atomic E-state index is 0.0705. The molecule has 0 saturated heterocycles. The Labute approximate surface area is 131 Å². The second-order valence-corrected chi connectivity index (χ2v) is 5.47. The van der Waals surface area contributed by atoms with Crippen LogP contribution >= 0.6 is 0 Å². The molecule has 2 rings (SSSR count). The van der Waals surface area contributed by atoms with E-state index in [-0.39, 0.29) is 11.8 Å². The number of hydrogen-bond acceptors (Lipinski definition) is 3. The van der Waals surface area contributed by atoms with E-state index in [0.29, 0.717) is 12.2 Å². The summed E-state index contributed by atoms with van der Waals surface area (Å²) in [6.45, 7) is 2.08. The van der Waals surface area contributed by atoms with Gasteiger partial charge in [0.1, 0.15) is 11.6 Å². The van der Waals surface area contributed by atoms with E-state index < -0.39 is 0 Å². The smallest absolute Gasteiger partial charge is 0.228 e. The fraction of sp³-hybridized carbons (Fsp3) is 0.333. The summed E-state index contributed by atoms with van der Waals surface area (Å²) in [5, 5.41) is 0. The van der Waals surface area contributed by atoms with Crippen molar-refractivity contribution < 1.29 is 9.53 Å². The topological polar surface area (TPSA) is 42.4 Å². The molecule has 1 aromatic carbocycles. The number of pyridine rings is 1. The maximum atomic E-state index is 12.4. The molecule has 1 amide bonds. The van der Waals surface area contributed by atoms with Gasteiger partial charge in [-0.05, 0) is 36.1 Å². The largest absolute Gasteiger partial charge is 0.496 e. The average Bonchev–Trinajstić information content (AvgIpc) is 2.55. The molecule has 4 nitrogen and oxygen atoms in total. The van der Waals surface area contributed by atoms with Crippen LogP contribution in [0.4, 0.5) is 5.82 Å². The number of amides is 1. The van der Waals surface area contributed by atoms with Crippen LogP contribution in [-0.2, 0) is 11.2 Å². The number of ether oxygens (including phenoxy) is 1. The molecule has 1 aromatic heterocycles. The Morgan fingerprint density at radius 3 is 2.64 bits per heavy atom. The van der Waals surface area contributed by atoms with Crippen LogP contribution in [0.5, 0.6) is 5.75 Å². The predicted molar refractivity (Wildman–Crippen MR) is 88.1 cm³/mol. The summed E-state index contributed by atoms with van der Waals surface area (Å²) < 4.78 is 5.36. The van der Waals surface area contributed by atoms with Crippen LogP contribution in [0.25, 0.3) is 0 Å². The molecule has 4 heteroatoms. The van der Waals surface area contributed by atoms with Gasteiger partial charge in [-0.2, -0.15) is 0 Å². The number of anilines is 1. The third kappa shape index (κ3) is 4.07. The number of nitrogens with zero attached hydrogens (tertiary/aromatic N) is 2. The lowest BCUT2D eigenvalue weighted by atomic mass is 9.97. The molecule has 0 saturated carbocycles. The summed E-state index contributed by atoms with van der Waals surface area (Å²) >= 11 is 0. The van der Waals surface area contributed by atoms with E-state index in [1.807, 2.05) is 42.5 Å². The van der Waals surface area contributed by atoms with E-state index in [1.54, 1.807) is 25.3 Å². The quantitative estimate of drug-likeness (QED) is 0.821. The zero-order chi connectivity index (χ0) is 15.9. The summed E-state index contributed by atoms with van der Waals surface area (Å²) in [5.41, 5.74) is 1.13. The summed E-state index contributed by atoms with van der Waals surface area (Å²) in [5.74, 6) is 1.85. The Balaban J connectivity index is 1.97. The fourth-order valence-corrected chi connectivity index (χ4v) is 2.43. The van der Waals surface area contributed by atoms with Crippen LogP contribution < -0.4 is 9.64 Å². The van der Waals surface area contributed by atoms with Gasteiger partial charge in [-0.25, -0.2) is 4.98 Å². The minimum Gasteiger partial charge on any atom is -0.496 e.